The van der Waals surface area contributed by atoms with Crippen molar-refractivity contribution in [3.8, 4) is 0 Å². The molecule has 0 spiro atoms. The van der Waals surface area contributed by atoms with E-state index in [1.54, 1.807) is 12.1 Å². The van der Waals surface area contributed by atoms with Crippen molar-refractivity contribution in [3.05, 3.63) is 24.3 Å². The third kappa shape index (κ3) is 6.59. The maximum absolute atomic E-state index is 11.2. The first-order valence-corrected chi connectivity index (χ1v) is 8.25. The molecule has 0 saturated heterocycles. The van der Waals surface area contributed by atoms with E-state index in [1.165, 1.54) is 6.07 Å². The van der Waals surface area contributed by atoms with Crippen LogP contribution in [0.3, 0.4) is 0 Å². The molecule has 1 aromatic rings. The molecular weight excluding hydrogens is 285 g/mol. The average molecular weight is 309 g/mol. The summed E-state index contributed by atoms with van der Waals surface area (Å²) in [5, 5.41) is 0. The van der Waals surface area contributed by atoms with Crippen molar-refractivity contribution in [2.24, 2.45) is 0 Å². The van der Waals surface area contributed by atoms with E-state index in [4.69, 9.17) is 4.55 Å². The molecule has 110 valence electrons. The Bertz CT molecular complexity index is 483. The van der Waals surface area contributed by atoms with Gasteiger partial charge in [-0.3, -0.25) is 4.55 Å². The minimum absolute atomic E-state index is 0. The summed E-state index contributed by atoms with van der Waals surface area (Å²) >= 11 is 0. The topological polar surface area (TPSA) is 57.6 Å². The van der Waals surface area contributed by atoms with Crippen LogP contribution in [0.15, 0.2) is 29.2 Å². The van der Waals surface area contributed by atoms with Gasteiger partial charge < -0.3 is 4.90 Å². The molecule has 0 amide bonds. The van der Waals surface area contributed by atoms with Gasteiger partial charge in [-0.25, -0.2) is 0 Å². The van der Waals surface area contributed by atoms with E-state index in [1.807, 2.05) is 6.07 Å². The van der Waals surface area contributed by atoms with Gasteiger partial charge in [-0.05, 0) is 31.0 Å². The quantitative estimate of drug-likeness (QED) is 0.592. The zero-order valence-electron chi connectivity index (χ0n) is 11.7. The molecule has 1 rings (SSSR count). The van der Waals surface area contributed by atoms with Crippen LogP contribution in [0.2, 0.25) is 0 Å². The molecular formula is C14H24NNaO3S. The van der Waals surface area contributed by atoms with Crippen molar-refractivity contribution in [2.75, 3.05) is 18.0 Å². The predicted molar refractivity (Wildman–Crippen MR) is 85.4 cm³/mol. The van der Waals surface area contributed by atoms with E-state index < -0.39 is 10.1 Å². The van der Waals surface area contributed by atoms with Gasteiger partial charge in [-0.2, -0.15) is 8.42 Å². The maximum atomic E-state index is 11.2. The van der Waals surface area contributed by atoms with E-state index in [0.717, 1.165) is 44.5 Å². The van der Waals surface area contributed by atoms with Gasteiger partial charge in [0.05, 0.1) is 4.90 Å². The molecule has 1 N–H and O–H groups in total. The molecule has 0 radical (unpaired) electrons. The second kappa shape index (κ2) is 9.79. The summed E-state index contributed by atoms with van der Waals surface area (Å²) in [5.74, 6) is 0. The predicted octanol–water partition coefficient (Wildman–Crippen LogP) is 2.69. The Kier molecular flexibility index (Phi) is 9.76. The van der Waals surface area contributed by atoms with Gasteiger partial charge in [-0.15, -0.1) is 0 Å². The molecule has 0 aromatic heterocycles. The molecule has 0 aliphatic rings. The van der Waals surface area contributed by atoms with Gasteiger partial charge >= 0.3 is 29.6 Å². The fraction of sp³-hybridized carbons (Fsp3) is 0.571. The minimum atomic E-state index is -4.13. The van der Waals surface area contributed by atoms with Crippen molar-refractivity contribution in [1.29, 1.82) is 0 Å². The van der Waals surface area contributed by atoms with Crippen molar-refractivity contribution in [3.63, 3.8) is 0 Å². The first kappa shape index (κ1) is 19.9. The molecule has 0 heterocycles. The zero-order valence-corrected chi connectivity index (χ0v) is 12.5. The SMILES string of the molecule is CCCCN(CCCC)c1cccc(S(=O)(=O)O)c1.[NaH]. The first-order chi connectivity index (χ1) is 8.99. The van der Waals surface area contributed by atoms with Crippen LogP contribution in [0.25, 0.3) is 0 Å². The van der Waals surface area contributed by atoms with Crippen molar-refractivity contribution < 1.29 is 13.0 Å². The van der Waals surface area contributed by atoms with Gasteiger partial charge in [0.25, 0.3) is 10.1 Å². The van der Waals surface area contributed by atoms with E-state index in [2.05, 4.69) is 18.7 Å². The van der Waals surface area contributed by atoms with Crippen molar-refractivity contribution in [1.82, 2.24) is 0 Å². The number of unbranched alkanes of at least 4 members (excludes halogenated alkanes) is 2. The fourth-order valence-electron chi connectivity index (χ4n) is 1.91. The molecule has 0 fully saturated rings. The summed E-state index contributed by atoms with van der Waals surface area (Å²) in [6.45, 7) is 6.08. The normalized spacial score (nSPS) is 10.9. The van der Waals surface area contributed by atoms with Gasteiger partial charge in [-0.1, -0.05) is 32.8 Å². The Hall–Kier alpha value is -0.0700. The molecule has 20 heavy (non-hydrogen) atoms. The second-order valence-corrected chi connectivity index (χ2v) is 6.09. The van der Waals surface area contributed by atoms with Gasteiger partial charge in [0.2, 0.25) is 0 Å². The molecule has 0 bridgehead atoms. The van der Waals surface area contributed by atoms with Crippen molar-refractivity contribution in [2.45, 2.75) is 44.4 Å². The molecule has 0 unspecified atom stereocenters. The van der Waals surface area contributed by atoms with Crippen LogP contribution < -0.4 is 4.90 Å². The first-order valence-electron chi connectivity index (χ1n) is 6.81. The summed E-state index contributed by atoms with van der Waals surface area (Å²) in [7, 11) is -4.13. The van der Waals surface area contributed by atoms with Crippen LogP contribution in [0, 0.1) is 0 Å². The second-order valence-electron chi connectivity index (χ2n) is 4.67. The number of hydrogen-bond acceptors (Lipinski definition) is 3. The molecule has 0 aliphatic heterocycles. The number of rotatable bonds is 8. The fourth-order valence-corrected chi connectivity index (χ4v) is 2.43. The average Bonchev–Trinajstić information content (AvgIpc) is 2.38. The molecule has 0 saturated carbocycles. The Morgan fingerprint density at radius 3 is 2.10 bits per heavy atom. The van der Waals surface area contributed by atoms with Crippen molar-refractivity contribution >= 4 is 45.4 Å². The number of nitrogens with zero attached hydrogens (tertiary/aromatic N) is 1. The standard InChI is InChI=1S/C14H23NO3S.Na.H/c1-3-5-10-15(11-6-4-2)13-8-7-9-14(12-13)19(16,17)18;;/h7-9,12H,3-6,10-11H2,1-2H3,(H,16,17,18);;. The summed E-state index contributed by atoms with van der Waals surface area (Å²) in [6, 6.07) is 6.51. The third-order valence-corrected chi connectivity index (χ3v) is 3.89. The monoisotopic (exact) mass is 309 g/mol. The van der Waals surface area contributed by atoms with Gasteiger partial charge in [0, 0.05) is 18.8 Å². The Labute approximate surface area is 144 Å². The van der Waals surface area contributed by atoms with E-state index >= 15 is 0 Å². The molecule has 1 aromatic carbocycles. The molecule has 0 atom stereocenters. The van der Waals surface area contributed by atoms with Crippen LogP contribution in [-0.4, -0.2) is 55.6 Å². The summed E-state index contributed by atoms with van der Waals surface area (Å²) in [4.78, 5) is 2.14. The molecule has 0 aliphatic carbocycles. The van der Waals surface area contributed by atoms with E-state index in [9.17, 15) is 8.42 Å². The number of hydrogen-bond donors (Lipinski definition) is 1. The third-order valence-electron chi connectivity index (χ3n) is 3.04. The Morgan fingerprint density at radius 2 is 1.65 bits per heavy atom. The van der Waals surface area contributed by atoms with Gasteiger partial charge in [0.15, 0.2) is 0 Å². The molecule has 6 heteroatoms. The zero-order chi connectivity index (χ0) is 14.3. The van der Waals surface area contributed by atoms with Crippen LogP contribution in [0.4, 0.5) is 5.69 Å². The van der Waals surface area contributed by atoms with Gasteiger partial charge in [0.1, 0.15) is 0 Å². The Morgan fingerprint density at radius 1 is 1.10 bits per heavy atom. The molecule has 4 nitrogen and oxygen atoms in total. The van der Waals surface area contributed by atoms with Crippen LogP contribution in [-0.2, 0) is 10.1 Å². The summed E-state index contributed by atoms with van der Waals surface area (Å²) in [6.07, 6.45) is 4.33. The van der Waals surface area contributed by atoms with Crippen LogP contribution in [0.5, 0.6) is 0 Å². The Balaban J connectivity index is 0.00000361. The number of anilines is 1. The summed E-state index contributed by atoms with van der Waals surface area (Å²) in [5.41, 5.74) is 0.858. The van der Waals surface area contributed by atoms with E-state index in [0.29, 0.717) is 0 Å². The van der Waals surface area contributed by atoms with Crippen LogP contribution in [0.1, 0.15) is 39.5 Å². The summed E-state index contributed by atoms with van der Waals surface area (Å²) < 4.78 is 31.4. The number of benzene rings is 1. The van der Waals surface area contributed by atoms with Crippen LogP contribution >= 0.6 is 0 Å². The van der Waals surface area contributed by atoms with E-state index in [-0.39, 0.29) is 34.5 Å².